The standard InChI is InChI=1S/C20H15N/c21-18-11-14-6-3-5-13-10-17-15-7-2-1-4-12(15)8-9-16(17)20(18)19(13)14/h1-10,18H,11,21H2. The molecule has 0 bridgehead atoms. The van der Waals surface area contributed by atoms with Gasteiger partial charge >= 0.3 is 0 Å². The maximum absolute atomic E-state index is 6.45. The van der Waals surface area contributed by atoms with Crippen molar-refractivity contribution in [2.24, 2.45) is 5.73 Å². The summed E-state index contributed by atoms with van der Waals surface area (Å²) < 4.78 is 0. The molecule has 0 amide bonds. The molecule has 0 saturated carbocycles. The second kappa shape index (κ2) is 3.84. The Bertz CT molecular complexity index is 1030. The third-order valence-electron chi connectivity index (χ3n) is 4.82. The van der Waals surface area contributed by atoms with Crippen molar-refractivity contribution >= 4 is 32.3 Å². The second-order valence-electron chi connectivity index (χ2n) is 6.00. The van der Waals surface area contributed by atoms with Gasteiger partial charge in [0.2, 0.25) is 0 Å². The Labute approximate surface area is 123 Å². The SMILES string of the molecule is NC1Cc2cccc3cc4c(ccc5ccccc54)c1c23. The summed E-state index contributed by atoms with van der Waals surface area (Å²) in [6, 6.07) is 22.1. The number of fused-ring (bicyclic) bond motifs is 4. The van der Waals surface area contributed by atoms with Gasteiger partial charge in [0.05, 0.1) is 0 Å². The molecule has 0 aromatic heterocycles. The van der Waals surface area contributed by atoms with E-state index in [2.05, 4.69) is 60.7 Å². The zero-order chi connectivity index (χ0) is 14.0. The third-order valence-corrected chi connectivity index (χ3v) is 4.82. The van der Waals surface area contributed by atoms with Gasteiger partial charge in [-0.25, -0.2) is 0 Å². The lowest BCUT2D eigenvalue weighted by Crippen LogP contribution is -2.08. The molecule has 1 unspecified atom stereocenters. The van der Waals surface area contributed by atoms with Crippen LogP contribution in [0.4, 0.5) is 0 Å². The van der Waals surface area contributed by atoms with Gasteiger partial charge in [-0.1, -0.05) is 54.6 Å². The molecule has 4 aromatic rings. The molecule has 1 atom stereocenters. The Balaban J connectivity index is 2.10. The monoisotopic (exact) mass is 269 g/mol. The van der Waals surface area contributed by atoms with Crippen LogP contribution in [0.2, 0.25) is 0 Å². The summed E-state index contributed by atoms with van der Waals surface area (Å²) in [6.45, 7) is 0. The van der Waals surface area contributed by atoms with E-state index in [-0.39, 0.29) is 6.04 Å². The molecule has 1 aliphatic rings. The quantitative estimate of drug-likeness (QED) is 0.363. The van der Waals surface area contributed by atoms with Gasteiger partial charge in [0.1, 0.15) is 0 Å². The van der Waals surface area contributed by atoms with Crippen LogP contribution in [0.25, 0.3) is 32.3 Å². The van der Waals surface area contributed by atoms with E-state index in [0.717, 1.165) is 6.42 Å². The minimum atomic E-state index is 0.120. The van der Waals surface area contributed by atoms with Gasteiger partial charge in [-0.05, 0) is 55.9 Å². The first kappa shape index (κ1) is 11.3. The summed E-state index contributed by atoms with van der Waals surface area (Å²) in [5.74, 6) is 0. The molecular weight excluding hydrogens is 254 g/mol. The molecule has 4 aromatic carbocycles. The molecule has 1 aliphatic carbocycles. The maximum Gasteiger partial charge on any atom is 0.0348 e. The van der Waals surface area contributed by atoms with Crippen molar-refractivity contribution in [2.75, 3.05) is 0 Å². The first-order chi connectivity index (χ1) is 10.3. The maximum atomic E-state index is 6.45. The average Bonchev–Trinajstić information content (AvgIpc) is 2.86. The lowest BCUT2D eigenvalue weighted by molar-refractivity contribution is 0.762. The van der Waals surface area contributed by atoms with E-state index in [1.54, 1.807) is 0 Å². The number of rotatable bonds is 0. The molecule has 100 valence electrons. The molecule has 5 rings (SSSR count). The van der Waals surface area contributed by atoms with Gasteiger partial charge < -0.3 is 5.73 Å². The van der Waals surface area contributed by atoms with E-state index >= 15 is 0 Å². The second-order valence-corrected chi connectivity index (χ2v) is 6.00. The Morgan fingerprint density at radius 2 is 1.62 bits per heavy atom. The van der Waals surface area contributed by atoms with Crippen LogP contribution in [0.1, 0.15) is 17.2 Å². The molecule has 0 saturated heterocycles. The summed E-state index contributed by atoms with van der Waals surface area (Å²) >= 11 is 0. The smallest absolute Gasteiger partial charge is 0.0348 e. The van der Waals surface area contributed by atoms with Crippen LogP contribution in [0, 0.1) is 0 Å². The van der Waals surface area contributed by atoms with Crippen LogP contribution < -0.4 is 5.73 Å². The normalized spacial score (nSPS) is 17.1. The van der Waals surface area contributed by atoms with Crippen molar-refractivity contribution in [2.45, 2.75) is 12.5 Å². The minimum absolute atomic E-state index is 0.120. The van der Waals surface area contributed by atoms with E-state index in [4.69, 9.17) is 5.73 Å². The van der Waals surface area contributed by atoms with Gasteiger partial charge in [0.25, 0.3) is 0 Å². The van der Waals surface area contributed by atoms with E-state index in [1.165, 1.54) is 43.4 Å². The van der Waals surface area contributed by atoms with Crippen LogP contribution in [-0.4, -0.2) is 0 Å². The first-order valence-electron chi connectivity index (χ1n) is 7.44. The van der Waals surface area contributed by atoms with Gasteiger partial charge in [0, 0.05) is 6.04 Å². The number of nitrogens with two attached hydrogens (primary N) is 1. The topological polar surface area (TPSA) is 26.0 Å². The van der Waals surface area contributed by atoms with E-state index in [9.17, 15) is 0 Å². The summed E-state index contributed by atoms with van der Waals surface area (Å²) in [4.78, 5) is 0. The molecule has 1 nitrogen and oxygen atoms in total. The Morgan fingerprint density at radius 1 is 0.762 bits per heavy atom. The van der Waals surface area contributed by atoms with Gasteiger partial charge in [-0.15, -0.1) is 0 Å². The molecule has 0 heterocycles. The Kier molecular flexibility index (Phi) is 2.06. The van der Waals surface area contributed by atoms with Gasteiger partial charge in [-0.3, -0.25) is 0 Å². The molecule has 0 spiro atoms. The van der Waals surface area contributed by atoms with E-state index < -0.39 is 0 Å². The van der Waals surface area contributed by atoms with Crippen LogP contribution in [0.3, 0.4) is 0 Å². The fourth-order valence-electron chi connectivity index (χ4n) is 3.94. The largest absolute Gasteiger partial charge is 0.324 e. The lowest BCUT2D eigenvalue weighted by Gasteiger charge is -2.12. The van der Waals surface area contributed by atoms with Crippen LogP contribution in [-0.2, 0) is 6.42 Å². The Hall–Kier alpha value is -2.38. The van der Waals surface area contributed by atoms with Crippen molar-refractivity contribution in [3.8, 4) is 0 Å². The number of benzene rings is 4. The zero-order valence-corrected chi connectivity index (χ0v) is 11.6. The summed E-state index contributed by atoms with van der Waals surface area (Å²) in [7, 11) is 0. The third kappa shape index (κ3) is 1.39. The summed E-state index contributed by atoms with van der Waals surface area (Å²) in [5, 5.41) is 7.95. The molecule has 1 heteroatoms. The van der Waals surface area contributed by atoms with Crippen LogP contribution >= 0.6 is 0 Å². The lowest BCUT2D eigenvalue weighted by atomic mass is 9.93. The molecular formula is C20H15N. The molecule has 0 fully saturated rings. The fourth-order valence-corrected chi connectivity index (χ4v) is 3.94. The van der Waals surface area contributed by atoms with Gasteiger partial charge in [0.15, 0.2) is 0 Å². The number of hydrogen-bond donors (Lipinski definition) is 1. The fraction of sp³-hybridized carbons (Fsp3) is 0.100. The summed E-state index contributed by atoms with van der Waals surface area (Å²) in [6.07, 6.45) is 0.957. The highest BCUT2D eigenvalue weighted by molar-refractivity contribution is 6.15. The molecule has 21 heavy (non-hydrogen) atoms. The minimum Gasteiger partial charge on any atom is -0.324 e. The van der Waals surface area contributed by atoms with Crippen molar-refractivity contribution in [1.29, 1.82) is 0 Å². The van der Waals surface area contributed by atoms with Crippen molar-refractivity contribution in [3.05, 3.63) is 71.8 Å². The van der Waals surface area contributed by atoms with Crippen LogP contribution in [0.5, 0.6) is 0 Å². The first-order valence-corrected chi connectivity index (χ1v) is 7.44. The van der Waals surface area contributed by atoms with Crippen LogP contribution in [0.15, 0.2) is 60.7 Å². The molecule has 0 aliphatic heterocycles. The van der Waals surface area contributed by atoms with Crippen molar-refractivity contribution < 1.29 is 0 Å². The van der Waals surface area contributed by atoms with Crippen molar-refractivity contribution in [1.82, 2.24) is 0 Å². The highest BCUT2D eigenvalue weighted by atomic mass is 14.6. The van der Waals surface area contributed by atoms with E-state index in [0.29, 0.717) is 0 Å². The van der Waals surface area contributed by atoms with E-state index in [1.807, 2.05) is 0 Å². The van der Waals surface area contributed by atoms with Crippen molar-refractivity contribution in [3.63, 3.8) is 0 Å². The van der Waals surface area contributed by atoms with Gasteiger partial charge in [-0.2, -0.15) is 0 Å². The Morgan fingerprint density at radius 3 is 2.57 bits per heavy atom. The zero-order valence-electron chi connectivity index (χ0n) is 11.6. The molecule has 0 radical (unpaired) electrons. The number of hydrogen-bond acceptors (Lipinski definition) is 1. The average molecular weight is 269 g/mol. The highest BCUT2D eigenvalue weighted by Gasteiger charge is 2.24. The predicted octanol–water partition coefficient (Wildman–Crippen LogP) is 4.70. The summed E-state index contributed by atoms with van der Waals surface area (Å²) in [5.41, 5.74) is 9.18. The molecule has 2 N–H and O–H groups in total. The highest BCUT2D eigenvalue weighted by Crippen LogP contribution is 2.42. The predicted molar refractivity (Wildman–Crippen MR) is 89.6 cm³/mol.